The summed E-state index contributed by atoms with van der Waals surface area (Å²) in [4.78, 5) is 14.8. The van der Waals surface area contributed by atoms with E-state index in [1.165, 1.54) is 78.1 Å². The lowest BCUT2D eigenvalue weighted by atomic mass is 9.70. The average molecular weight is 965 g/mol. The van der Waals surface area contributed by atoms with Gasteiger partial charge in [0.25, 0.3) is 0 Å². The van der Waals surface area contributed by atoms with Crippen LogP contribution in [0.5, 0.6) is 0 Å². The van der Waals surface area contributed by atoms with Gasteiger partial charge in [-0.05, 0) is 164 Å². The van der Waals surface area contributed by atoms with Gasteiger partial charge in [0.15, 0.2) is 11.2 Å². The summed E-state index contributed by atoms with van der Waals surface area (Å²) in [7, 11) is 0. The maximum atomic E-state index is 6.37. The molecule has 12 aromatic rings. The van der Waals surface area contributed by atoms with Gasteiger partial charge in [-0.3, -0.25) is 0 Å². The second-order valence-electron chi connectivity index (χ2n) is 21.7. The summed E-state index contributed by atoms with van der Waals surface area (Å²) < 4.78 is 12.7. The third-order valence-corrected chi connectivity index (χ3v) is 17.1. The molecule has 10 aromatic carbocycles. The molecule has 0 amide bonds. The summed E-state index contributed by atoms with van der Waals surface area (Å²) >= 11 is 0. The summed E-state index contributed by atoms with van der Waals surface area (Å²) in [6, 6.07) is 79.9. The lowest BCUT2D eigenvalue weighted by Crippen LogP contribution is -2.31. The van der Waals surface area contributed by atoms with Crippen molar-refractivity contribution in [2.24, 2.45) is 0 Å². The van der Waals surface area contributed by atoms with Crippen LogP contribution in [0.4, 0.5) is 34.1 Å². The van der Waals surface area contributed by atoms with Crippen molar-refractivity contribution >= 4 is 56.3 Å². The fourth-order valence-electron chi connectivity index (χ4n) is 13.6. The highest BCUT2D eigenvalue weighted by atomic mass is 16.4. The van der Waals surface area contributed by atoms with Crippen molar-refractivity contribution in [2.45, 2.75) is 43.9 Å². The number of para-hydroxylation sites is 6. The number of fused-ring (bicyclic) bond motifs is 16. The molecule has 0 saturated carbocycles. The van der Waals surface area contributed by atoms with Gasteiger partial charge >= 0.3 is 0 Å². The van der Waals surface area contributed by atoms with Crippen LogP contribution in [0.2, 0.25) is 0 Å². The molecule has 0 fully saturated rings. The number of oxazole rings is 2. The predicted molar refractivity (Wildman–Crippen MR) is 302 cm³/mol. The van der Waals surface area contributed by atoms with Crippen molar-refractivity contribution in [1.29, 1.82) is 0 Å². The number of anilines is 6. The second-order valence-corrected chi connectivity index (χ2v) is 21.7. The van der Waals surface area contributed by atoms with Crippen LogP contribution in [0, 0.1) is 0 Å². The Morgan fingerprint density at radius 1 is 0.320 bits per heavy atom. The Bertz CT molecular complexity index is 4070. The second kappa shape index (κ2) is 14.9. The zero-order valence-electron chi connectivity index (χ0n) is 41.9. The summed E-state index contributed by atoms with van der Waals surface area (Å²) in [5, 5.41) is 0. The van der Waals surface area contributed by atoms with E-state index in [9.17, 15) is 0 Å². The summed E-state index contributed by atoms with van der Waals surface area (Å²) in [6.07, 6.45) is 0. The molecule has 75 heavy (non-hydrogen) atoms. The minimum absolute atomic E-state index is 0.314. The van der Waals surface area contributed by atoms with E-state index in [1.54, 1.807) is 0 Å². The van der Waals surface area contributed by atoms with E-state index in [4.69, 9.17) is 18.8 Å². The van der Waals surface area contributed by atoms with Crippen molar-refractivity contribution in [2.75, 3.05) is 9.80 Å². The summed E-state index contributed by atoms with van der Waals surface area (Å²) in [6.45, 7) is 9.36. The molecule has 0 atom stereocenters. The Hall–Kier alpha value is -9.26. The van der Waals surface area contributed by atoms with E-state index >= 15 is 0 Å². The zero-order chi connectivity index (χ0) is 50.0. The Kier molecular flexibility index (Phi) is 8.41. The fourth-order valence-corrected chi connectivity index (χ4v) is 13.6. The SMILES string of the molecule is CC1(C)c2ccccc2N(c2ccc3c(c2)C2(c4ccccc4-c4ccccc42)c2cc(N4c5ccccc5C(C)(C)c5cc(-c6nc7ccccc7o6)ccc54)ccc2-3)c2ccc(-c3nc4ccccc4o3)cc21. The molecule has 16 rings (SSSR count). The topological polar surface area (TPSA) is 58.5 Å². The minimum Gasteiger partial charge on any atom is -0.436 e. The number of benzene rings is 10. The van der Waals surface area contributed by atoms with Gasteiger partial charge in [0.05, 0.1) is 28.2 Å². The summed E-state index contributed by atoms with van der Waals surface area (Å²) in [5.41, 5.74) is 25.9. The van der Waals surface area contributed by atoms with Crippen LogP contribution < -0.4 is 9.80 Å². The summed E-state index contributed by atoms with van der Waals surface area (Å²) in [5.74, 6) is 1.25. The smallest absolute Gasteiger partial charge is 0.227 e. The quantitative estimate of drug-likeness (QED) is 0.175. The van der Waals surface area contributed by atoms with Crippen molar-refractivity contribution in [3.63, 3.8) is 0 Å². The zero-order valence-corrected chi connectivity index (χ0v) is 41.9. The highest BCUT2D eigenvalue weighted by Gasteiger charge is 2.53. The molecule has 4 aliphatic rings. The van der Waals surface area contributed by atoms with Gasteiger partial charge in [0.1, 0.15) is 11.0 Å². The molecule has 0 N–H and O–H groups in total. The van der Waals surface area contributed by atoms with E-state index in [-0.39, 0.29) is 10.8 Å². The van der Waals surface area contributed by atoms with Gasteiger partial charge in [0.2, 0.25) is 11.8 Å². The van der Waals surface area contributed by atoms with Crippen LogP contribution in [0.1, 0.15) is 72.2 Å². The number of nitrogens with zero attached hydrogens (tertiary/aromatic N) is 4. The Labute approximate surface area is 434 Å². The number of aromatic nitrogens is 2. The molecule has 2 aliphatic heterocycles. The first-order chi connectivity index (χ1) is 36.7. The Morgan fingerprint density at radius 3 is 1.15 bits per heavy atom. The van der Waals surface area contributed by atoms with Crippen molar-refractivity contribution in [1.82, 2.24) is 9.97 Å². The number of hydrogen-bond donors (Lipinski definition) is 0. The van der Waals surface area contributed by atoms with Crippen LogP contribution in [0.3, 0.4) is 0 Å². The van der Waals surface area contributed by atoms with E-state index in [0.29, 0.717) is 11.8 Å². The molecule has 0 unspecified atom stereocenters. The molecule has 356 valence electrons. The molecule has 6 nitrogen and oxygen atoms in total. The van der Waals surface area contributed by atoms with Crippen LogP contribution in [-0.2, 0) is 16.2 Å². The van der Waals surface area contributed by atoms with E-state index in [1.807, 2.05) is 48.5 Å². The van der Waals surface area contributed by atoms with Crippen LogP contribution in [-0.4, -0.2) is 9.97 Å². The monoisotopic (exact) mass is 964 g/mol. The molecular formula is C69H48N4O2. The molecule has 6 heteroatoms. The predicted octanol–water partition coefficient (Wildman–Crippen LogP) is 17.9. The molecule has 1 spiro atoms. The van der Waals surface area contributed by atoms with E-state index in [0.717, 1.165) is 56.1 Å². The maximum absolute atomic E-state index is 6.37. The van der Waals surface area contributed by atoms with E-state index in [2.05, 4.69) is 207 Å². The van der Waals surface area contributed by atoms with Crippen LogP contribution in [0.25, 0.3) is 67.4 Å². The minimum atomic E-state index is -0.619. The van der Waals surface area contributed by atoms with Gasteiger partial charge in [-0.1, -0.05) is 149 Å². The maximum Gasteiger partial charge on any atom is 0.227 e. The van der Waals surface area contributed by atoms with Gasteiger partial charge < -0.3 is 18.6 Å². The van der Waals surface area contributed by atoms with Crippen molar-refractivity contribution < 1.29 is 8.83 Å². The first-order valence-electron chi connectivity index (χ1n) is 26.0. The molecule has 0 bridgehead atoms. The Balaban J connectivity index is 0.902. The first-order valence-corrected chi connectivity index (χ1v) is 26.0. The highest BCUT2D eigenvalue weighted by molar-refractivity contribution is 5.99. The standard InChI is InChI=1S/C69H48N4O2/c1-67(2)51-21-9-13-25-59(51)72(61-35-29-41(37-55(61)67)65-70-57-23-11-15-27-63(57)74-65)43-31-33-47-48-34-32-44(40-54(48)69(53(47)39-43)49-19-7-5-17-45(49)46-18-6-8-20-50(46)69)73-60-26-14-10-22-52(60)68(3,4)56-38-42(30-36-62(56)73)66-71-58-24-12-16-28-64(58)75-66/h5-40H,1-4H3. The molecule has 0 radical (unpaired) electrons. The molecule has 4 heterocycles. The normalized spacial score (nSPS) is 15.5. The highest BCUT2D eigenvalue weighted by Crippen LogP contribution is 2.65. The van der Waals surface area contributed by atoms with Gasteiger partial charge in [-0.2, -0.15) is 0 Å². The largest absolute Gasteiger partial charge is 0.436 e. The van der Waals surface area contributed by atoms with Crippen molar-refractivity contribution in [3.05, 3.63) is 263 Å². The molecule has 2 aromatic heterocycles. The lowest BCUT2D eigenvalue weighted by Gasteiger charge is -2.42. The molecular weight excluding hydrogens is 917 g/mol. The average Bonchev–Trinajstić information content (AvgIpc) is 4.27. The van der Waals surface area contributed by atoms with Crippen LogP contribution in [0.15, 0.2) is 227 Å². The van der Waals surface area contributed by atoms with Gasteiger partial charge in [-0.25, -0.2) is 9.97 Å². The first kappa shape index (κ1) is 42.3. The molecule has 0 saturated heterocycles. The molecule has 2 aliphatic carbocycles. The Morgan fingerprint density at radius 2 is 0.693 bits per heavy atom. The number of hydrogen-bond acceptors (Lipinski definition) is 6. The lowest BCUT2D eigenvalue weighted by molar-refractivity contribution is 0.615. The van der Waals surface area contributed by atoms with Crippen molar-refractivity contribution in [3.8, 4) is 45.2 Å². The third kappa shape index (κ3) is 5.63. The third-order valence-electron chi connectivity index (χ3n) is 17.1. The number of rotatable bonds is 4. The van der Waals surface area contributed by atoms with E-state index < -0.39 is 5.41 Å². The van der Waals surface area contributed by atoms with Crippen LogP contribution >= 0.6 is 0 Å². The van der Waals surface area contributed by atoms with Gasteiger partial charge in [0, 0.05) is 33.3 Å². The fraction of sp³-hybridized carbons (Fsp3) is 0.101. The van der Waals surface area contributed by atoms with Gasteiger partial charge in [-0.15, -0.1) is 0 Å².